The van der Waals surface area contributed by atoms with Gasteiger partial charge in [0.05, 0.1) is 23.5 Å². The molecule has 0 aromatic carbocycles. The van der Waals surface area contributed by atoms with Crippen molar-refractivity contribution in [3.8, 4) is 11.5 Å². The molecule has 3 aromatic rings. The molecule has 168 valence electrons. The highest BCUT2D eigenvalue weighted by atomic mass is 19.4. The highest BCUT2D eigenvalue weighted by molar-refractivity contribution is 5.93. The minimum absolute atomic E-state index is 0.109. The van der Waals surface area contributed by atoms with E-state index < -0.39 is 29.6 Å². The second-order valence-electron chi connectivity index (χ2n) is 8.15. The van der Waals surface area contributed by atoms with Crippen molar-refractivity contribution in [2.24, 2.45) is 7.05 Å². The molecule has 7 nitrogen and oxygen atoms in total. The lowest BCUT2D eigenvalue weighted by molar-refractivity contribution is -0.141. The predicted octanol–water partition coefficient (Wildman–Crippen LogP) is 4.31. The van der Waals surface area contributed by atoms with Crippen molar-refractivity contribution in [3.05, 3.63) is 52.7 Å². The number of pyridine rings is 1. The molecule has 2 aliphatic rings. The molecule has 0 radical (unpaired) electrons. The zero-order valence-corrected chi connectivity index (χ0v) is 17.0. The Balaban J connectivity index is 1.41. The van der Waals surface area contributed by atoms with Crippen molar-refractivity contribution in [1.82, 2.24) is 25.1 Å². The van der Waals surface area contributed by atoms with E-state index in [2.05, 4.69) is 20.4 Å². The molecule has 1 saturated carbocycles. The normalized spacial score (nSPS) is 18.5. The summed E-state index contributed by atoms with van der Waals surface area (Å²) in [5.74, 6) is -0.438. The first-order valence-corrected chi connectivity index (χ1v) is 10.3. The summed E-state index contributed by atoms with van der Waals surface area (Å²) in [5, 5.41) is 6.08. The first kappa shape index (κ1) is 20.7. The minimum Gasteiger partial charge on any atom is -0.439 e. The minimum atomic E-state index is -4.65. The molecule has 32 heavy (non-hydrogen) atoms. The van der Waals surface area contributed by atoms with Crippen LogP contribution in [-0.2, 0) is 19.6 Å². The lowest BCUT2D eigenvalue weighted by Gasteiger charge is -2.21. The largest absolute Gasteiger partial charge is 0.439 e. The number of rotatable bonds is 4. The summed E-state index contributed by atoms with van der Waals surface area (Å²) < 4.78 is 59.9. The molecule has 3 aromatic heterocycles. The molecule has 1 atom stereocenters. The Morgan fingerprint density at radius 3 is 2.72 bits per heavy atom. The number of amides is 1. The maximum Gasteiger partial charge on any atom is 0.435 e. The van der Waals surface area contributed by atoms with Crippen molar-refractivity contribution in [2.75, 3.05) is 0 Å². The van der Waals surface area contributed by atoms with Crippen LogP contribution in [0.15, 0.2) is 22.7 Å². The first-order valence-electron chi connectivity index (χ1n) is 10.3. The van der Waals surface area contributed by atoms with Gasteiger partial charge in [-0.1, -0.05) is 0 Å². The first-order chi connectivity index (χ1) is 15.2. The zero-order valence-electron chi connectivity index (χ0n) is 17.0. The smallest absolute Gasteiger partial charge is 0.435 e. The summed E-state index contributed by atoms with van der Waals surface area (Å²) in [5.41, 5.74) is 0.234. The Labute approximate surface area is 179 Å². The zero-order chi connectivity index (χ0) is 22.6. The number of carbonyl (C=O) groups is 1. The fraction of sp³-hybridized carbons (Fsp3) is 0.429. The molecule has 3 heterocycles. The molecule has 1 amide bonds. The van der Waals surface area contributed by atoms with Crippen LogP contribution in [0.4, 0.5) is 17.6 Å². The maximum absolute atomic E-state index is 14.4. The average molecular weight is 449 g/mol. The van der Waals surface area contributed by atoms with E-state index in [0.717, 1.165) is 29.4 Å². The third kappa shape index (κ3) is 3.76. The molecule has 2 aliphatic carbocycles. The van der Waals surface area contributed by atoms with Gasteiger partial charge in [-0.05, 0) is 38.2 Å². The lowest BCUT2D eigenvalue weighted by atomic mass is 9.97. The number of aryl methyl sites for hydroxylation is 2. The number of hydrogen-bond acceptors (Lipinski definition) is 5. The SMILES string of the molecule is Cn1nc(C(F)(F)F)cc1C(=O)N[C@@H]1CCCc2nc(-c3cc(C4CC4)ncc3F)oc21. The maximum atomic E-state index is 14.4. The van der Waals surface area contributed by atoms with Gasteiger partial charge in [0.1, 0.15) is 11.5 Å². The molecular formula is C21H19F4N5O2. The highest BCUT2D eigenvalue weighted by Crippen LogP contribution is 2.41. The van der Waals surface area contributed by atoms with Gasteiger partial charge in [-0.2, -0.15) is 18.3 Å². The Kier molecular flexibility index (Phi) is 4.79. The second-order valence-corrected chi connectivity index (χ2v) is 8.15. The Morgan fingerprint density at radius 1 is 1.25 bits per heavy atom. The van der Waals surface area contributed by atoms with Crippen LogP contribution in [0.1, 0.15) is 71.0 Å². The quantitative estimate of drug-likeness (QED) is 0.600. The van der Waals surface area contributed by atoms with Gasteiger partial charge in [0.25, 0.3) is 5.91 Å². The predicted molar refractivity (Wildman–Crippen MR) is 103 cm³/mol. The highest BCUT2D eigenvalue weighted by Gasteiger charge is 2.36. The average Bonchev–Trinajstić information content (AvgIpc) is 3.35. The van der Waals surface area contributed by atoms with Crippen molar-refractivity contribution in [3.63, 3.8) is 0 Å². The molecule has 1 fully saturated rings. The van der Waals surface area contributed by atoms with E-state index in [-0.39, 0.29) is 17.1 Å². The monoisotopic (exact) mass is 449 g/mol. The van der Waals surface area contributed by atoms with E-state index >= 15 is 0 Å². The Morgan fingerprint density at radius 2 is 2.03 bits per heavy atom. The molecule has 0 aliphatic heterocycles. The summed E-state index contributed by atoms with van der Waals surface area (Å²) in [6.45, 7) is 0. The summed E-state index contributed by atoms with van der Waals surface area (Å²) in [6.07, 6.45) is 0.334. The van der Waals surface area contributed by atoms with Gasteiger partial charge >= 0.3 is 6.18 Å². The van der Waals surface area contributed by atoms with E-state index in [1.807, 2.05) is 0 Å². The van der Waals surface area contributed by atoms with Crippen LogP contribution in [0.2, 0.25) is 0 Å². The number of fused-ring (bicyclic) bond motifs is 1. The molecule has 0 bridgehead atoms. The standard InChI is InChI=1S/C21H19F4N5O2/c1-30-16(8-17(29-30)21(23,24)25)19(31)27-13-3-2-4-14-18(13)32-20(28-14)11-7-15(10-5-6-10)26-9-12(11)22/h7-10,13H,2-6H2,1H3,(H,27,31)/t13-/m1/s1. The Bertz CT molecular complexity index is 1200. The molecule has 11 heteroatoms. The number of oxazole rings is 1. The van der Waals surface area contributed by atoms with Crippen LogP contribution < -0.4 is 5.32 Å². The van der Waals surface area contributed by atoms with Gasteiger partial charge in [0.2, 0.25) is 5.89 Å². The van der Waals surface area contributed by atoms with Crippen molar-refractivity contribution < 1.29 is 26.8 Å². The summed E-state index contributed by atoms with van der Waals surface area (Å²) in [6, 6.07) is 1.76. The van der Waals surface area contributed by atoms with Gasteiger partial charge in [-0.25, -0.2) is 9.37 Å². The molecule has 0 saturated heterocycles. The number of nitrogens with zero attached hydrogens (tertiary/aromatic N) is 4. The van der Waals surface area contributed by atoms with E-state index in [4.69, 9.17) is 4.42 Å². The number of alkyl halides is 3. The second kappa shape index (κ2) is 7.42. The van der Waals surface area contributed by atoms with Crippen LogP contribution in [0.25, 0.3) is 11.5 Å². The van der Waals surface area contributed by atoms with Crippen LogP contribution in [0.3, 0.4) is 0 Å². The topological polar surface area (TPSA) is 85.8 Å². The van der Waals surface area contributed by atoms with Gasteiger partial charge in [-0.3, -0.25) is 14.5 Å². The Hall–Kier alpha value is -3.24. The number of carbonyl (C=O) groups excluding carboxylic acids is 1. The van der Waals surface area contributed by atoms with Gasteiger partial charge < -0.3 is 9.73 Å². The molecular weight excluding hydrogens is 430 g/mol. The van der Waals surface area contributed by atoms with Crippen molar-refractivity contribution in [2.45, 2.75) is 50.2 Å². The fourth-order valence-electron chi connectivity index (χ4n) is 3.94. The van der Waals surface area contributed by atoms with E-state index in [9.17, 15) is 22.4 Å². The van der Waals surface area contributed by atoms with E-state index in [0.29, 0.717) is 42.7 Å². The van der Waals surface area contributed by atoms with Crippen molar-refractivity contribution >= 4 is 5.91 Å². The summed E-state index contributed by atoms with van der Waals surface area (Å²) in [4.78, 5) is 21.2. The lowest BCUT2D eigenvalue weighted by Crippen LogP contribution is -2.31. The van der Waals surface area contributed by atoms with Crippen LogP contribution >= 0.6 is 0 Å². The molecule has 0 unspecified atom stereocenters. The number of hydrogen-bond donors (Lipinski definition) is 1. The third-order valence-corrected chi connectivity index (χ3v) is 5.76. The van der Waals surface area contributed by atoms with Crippen LogP contribution in [0.5, 0.6) is 0 Å². The van der Waals surface area contributed by atoms with Crippen LogP contribution in [-0.4, -0.2) is 25.7 Å². The number of halogens is 4. The molecule has 0 spiro atoms. The number of nitrogens with one attached hydrogen (secondary N) is 1. The summed E-state index contributed by atoms with van der Waals surface area (Å²) in [7, 11) is 1.27. The van der Waals surface area contributed by atoms with E-state index in [1.54, 1.807) is 6.07 Å². The summed E-state index contributed by atoms with van der Waals surface area (Å²) >= 11 is 0. The third-order valence-electron chi connectivity index (χ3n) is 5.76. The van der Waals surface area contributed by atoms with Crippen LogP contribution in [0, 0.1) is 5.82 Å². The molecule has 1 N–H and O–H groups in total. The van der Waals surface area contributed by atoms with Gasteiger partial charge in [-0.15, -0.1) is 0 Å². The fourth-order valence-corrected chi connectivity index (χ4v) is 3.94. The van der Waals surface area contributed by atoms with E-state index in [1.165, 1.54) is 7.05 Å². The van der Waals surface area contributed by atoms with Gasteiger partial charge in [0, 0.05) is 24.7 Å². The van der Waals surface area contributed by atoms with Crippen molar-refractivity contribution in [1.29, 1.82) is 0 Å². The van der Waals surface area contributed by atoms with Gasteiger partial charge in [0.15, 0.2) is 11.5 Å². The molecule has 5 rings (SSSR count). The number of aromatic nitrogens is 4.